The Balaban J connectivity index is 2.04. The standard InChI is InChI=1S/C20H22N2S/c1-15-5-14-20(16-6-12-19(23-4)13-7-16)22(15)18-10-8-17(9-11-18)21(2)3/h5-14H,1-4H3. The summed E-state index contributed by atoms with van der Waals surface area (Å²) in [6.45, 7) is 2.15. The van der Waals surface area contributed by atoms with Gasteiger partial charge in [-0.2, -0.15) is 0 Å². The van der Waals surface area contributed by atoms with Gasteiger partial charge in [-0.1, -0.05) is 12.1 Å². The summed E-state index contributed by atoms with van der Waals surface area (Å²) >= 11 is 1.77. The second kappa shape index (κ2) is 6.55. The molecule has 0 aliphatic heterocycles. The van der Waals surface area contributed by atoms with Gasteiger partial charge in [0.05, 0.1) is 5.69 Å². The van der Waals surface area contributed by atoms with Crippen LogP contribution in [0.5, 0.6) is 0 Å². The van der Waals surface area contributed by atoms with E-state index in [1.807, 2.05) is 0 Å². The van der Waals surface area contributed by atoms with Crippen molar-refractivity contribution in [3.8, 4) is 16.9 Å². The van der Waals surface area contributed by atoms with Crippen LogP contribution in [0.4, 0.5) is 5.69 Å². The molecule has 0 atom stereocenters. The SMILES string of the molecule is CSc1ccc(-c2ccc(C)n2-c2ccc(N(C)C)cc2)cc1. The molecule has 0 N–H and O–H groups in total. The van der Waals surface area contributed by atoms with Crippen molar-refractivity contribution >= 4 is 17.4 Å². The number of thioether (sulfide) groups is 1. The molecule has 0 bridgehead atoms. The van der Waals surface area contributed by atoms with Crippen molar-refractivity contribution < 1.29 is 0 Å². The molecule has 0 saturated carbocycles. The summed E-state index contributed by atoms with van der Waals surface area (Å²) in [4.78, 5) is 3.41. The zero-order valence-electron chi connectivity index (χ0n) is 14.1. The topological polar surface area (TPSA) is 8.17 Å². The lowest BCUT2D eigenvalue weighted by atomic mass is 10.1. The van der Waals surface area contributed by atoms with Gasteiger partial charge in [-0.15, -0.1) is 11.8 Å². The monoisotopic (exact) mass is 322 g/mol. The predicted octanol–water partition coefficient (Wildman–Crippen LogP) is 5.24. The molecule has 2 aromatic carbocycles. The summed E-state index contributed by atoms with van der Waals surface area (Å²) < 4.78 is 2.31. The Labute approximate surface area is 142 Å². The predicted molar refractivity (Wildman–Crippen MR) is 102 cm³/mol. The Morgan fingerprint density at radius 3 is 2.04 bits per heavy atom. The summed E-state index contributed by atoms with van der Waals surface area (Å²) in [5.41, 5.74) is 6.12. The van der Waals surface area contributed by atoms with Gasteiger partial charge in [0, 0.05) is 36.1 Å². The lowest BCUT2D eigenvalue weighted by molar-refractivity contribution is 1.02. The Kier molecular flexibility index (Phi) is 4.49. The van der Waals surface area contributed by atoms with Crippen LogP contribution in [0.3, 0.4) is 0 Å². The van der Waals surface area contributed by atoms with Crippen LogP contribution in [0, 0.1) is 6.92 Å². The second-order valence-electron chi connectivity index (χ2n) is 5.83. The minimum atomic E-state index is 1.20. The van der Waals surface area contributed by atoms with Gasteiger partial charge in [-0.25, -0.2) is 0 Å². The van der Waals surface area contributed by atoms with Gasteiger partial charge in [0.15, 0.2) is 0 Å². The zero-order valence-corrected chi connectivity index (χ0v) is 14.9. The van der Waals surface area contributed by atoms with Crippen LogP contribution in [0.1, 0.15) is 5.69 Å². The fraction of sp³-hybridized carbons (Fsp3) is 0.200. The third kappa shape index (κ3) is 3.15. The zero-order chi connectivity index (χ0) is 16.4. The van der Waals surface area contributed by atoms with Gasteiger partial charge < -0.3 is 9.47 Å². The van der Waals surface area contributed by atoms with E-state index in [4.69, 9.17) is 0 Å². The number of benzene rings is 2. The van der Waals surface area contributed by atoms with Crippen molar-refractivity contribution in [3.63, 3.8) is 0 Å². The van der Waals surface area contributed by atoms with E-state index in [0.717, 1.165) is 0 Å². The summed E-state index contributed by atoms with van der Waals surface area (Å²) in [6.07, 6.45) is 2.11. The van der Waals surface area contributed by atoms with Crippen molar-refractivity contribution in [1.82, 2.24) is 4.57 Å². The molecule has 0 unspecified atom stereocenters. The van der Waals surface area contributed by atoms with Gasteiger partial charge in [-0.3, -0.25) is 0 Å². The molecule has 118 valence electrons. The fourth-order valence-corrected chi connectivity index (χ4v) is 3.18. The number of aromatic nitrogens is 1. The largest absolute Gasteiger partial charge is 0.378 e. The summed E-state index contributed by atoms with van der Waals surface area (Å²) in [7, 11) is 4.13. The van der Waals surface area contributed by atoms with Gasteiger partial charge in [0.2, 0.25) is 0 Å². The van der Waals surface area contributed by atoms with Crippen LogP contribution in [-0.2, 0) is 0 Å². The van der Waals surface area contributed by atoms with E-state index in [-0.39, 0.29) is 0 Å². The van der Waals surface area contributed by atoms with E-state index in [9.17, 15) is 0 Å². The molecule has 23 heavy (non-hydrogen) atoms. The molecular formula is C20H22N2S. The van der Waals surface area contributed by atoms with Crippen LogP contribution in [0.2, 0.25) is 0 Å². The average molecular weight is 322 g/mol. The van der Waals surface area contributed by atoms with Gasteiger partial charge in [0.25, 0.3) is 0 Å². The molecule has 3 heteroatoms. The van der Waals surface area contributed by atoms with E-state index < -0.39 is 0 Å². The third-order valence-electron chi connectivity index (χ3n) is 4.09. The first-order valence-corrected chi connectivity index (χ1v) is 8.93. The molecule has 0 fully saturated rings. The smallest absolute Gasteiger partial charge is 0.0531 e. The number of nitrogens with zero attached hydrogens (tertiary/aromatic N) is 2. The van der Waals surface area contributed by atoms with Crippen LogP contribution in [0.15, 0.2) is 65.6 Å². The summed E-state index contributed by atoms with van der Waals surface area (Å²) in [6, 6.07) is 21.8. The average Bonchev–Trinajstić information content (AvgIpc) is 2.96. The Hall–Kier alpha value is -2.13. The van der Waals surface area contributed by atoms with E-state index in [1.54, 1.807) is 11.8 Å². The fourth-order valence-electron chi connectivity index (χ4n) is 2.77. The number of anilines is 1. The molecule has 0 radical (unpaired) electrons. The third-order valence-corrected chi connectivity index (χ3v) is 4.83. The number of rotatable bonds is 4. The maximum Gasteiger partial charge on any atom is 0.0531 e. The Morgan fingerprint density at radius 1 is 0.826 bits per heavy atom. The number of hydrogen-bond donors (Lipinski definition) is 0. The molecular weight excluding hydrogens is 300 g/mol. The molecule has 1 aromatic heterocycles. The first kappa shape index (κ1) is 15.8. The van der Waals surface area contributed by atoms with Crippen LogP contribution < -0.4 is 4.90 Å². The van der Waals surface area contributed by atoms with Crippen LogP contribution >= 0.6 is 11.8 Å². The molecule has 0 saturated heterocycles. The molecule has 0 aliphatic carbocycles. The Morgan fingerprint density at radius 2 is 1.48 bits per heavy atom. The van der Waals surface area contributed by atoms with Crippen molar-refractivity contribution in [3.05, 3.63) is 66.4 Å². The molecule has 3 rings (SSSR count). The van der Waals surface area contributed by atoms with Crippen LogP contribution in [0.25, 0.3) is 16.9 Å². The lowest BCUT2D eigenvalue weighted by Crippen LogP contribution is -2.08. The van der Waals surface area contributed by atoms with E-state index in [2.05, 4.69) is 97.4 Å². The molecule has 0 aliphatic rings. The van der Waals surface area contributed by atoms with Gasteiger partial charge in [0.1, 0.15) is 0 Å². The number of hydrogen-bond acceptors (Lipinski definition) is 2. The molecule has 0 amide bonds. The highest BCUT2D eigenvalue weighted by Gasteiger charge is 2.09. The summed E-state index contributed by atoms with van der Waals surface area (Å²) in [5.74, 6) is 0. The first-order valence-electron chi connectivity index (χ1n) is 7.70. The van der Waals surface area contributed by atoms with E-state index in [0.29, 0.717) is 0 Å². The van der Waals surface area contributed by atoms with Crippen molar-refractivity contribution in [2.75, 3.05) is 25.3 Å². The first-order chi connectivity index (χ1) is 11.1. The Bertz CT molecular complexity index is 784. The molecule has 0 spiro atoms. The maximum atomic E-state index is 2.31. The quantitative estimate of drug-likeness (QED) is 0.607. The van der Waals surface area contributed by atoms with Crippen molar-refractivity contribution in [1.29, 1.82) is 0 Å². The molecule has 1 heterocycles. The highest BCUT2D eigenvalue weighted by Crippen LogP contribution is 2.28. The van der Waals surface area contributed by atoms with E-state index in [1.165, 1.54) is 33.2 Å². The van der Waals surface area contributed by atoms with Crippen molar-refractivity contribution in [2.24, 2.45) is 0 Å². The second-order valence-corrected chi connectivity index (χ2v) is 6.71. The molecule has 2 nitrogen and oxygen atoms in total. The van der Waals surface area contributed by atoms with Crippen molar-refractivity contribution in [2.45, 2.75) is 11.8 Å². The number of aryl methyl sites for hydroxylation is 1. The van der Waals surface area contributed by atoms with Gasteiger partial charge >= 0.3 is 0 Å². The maximum absolute atomic E-state index is 2.31. The lowest BCUT2D eigenvalue weighted by Gasteiger charge is -2.16. The van der Waals surface area contributed by atoms with Gasteiger partial charge in [-0.05, 0) is 67.3 Å². The summed E-state index contributed by atoms with van der Waals surface area (Å²) in [5, 5.41) is 0. The van der Waals surface area contributed by atoms with E-state index >= 15 is 0 Å². The highest BCUT2D eigenvalue weighted by atomic mass is 32.2. The normalized spacial score (nSPS) is 10.8. The minimum Gasteiger partial charge on any atom is -0.378 e. The molecule has 3 aromatic rings. The highest BCUT2D eigenvalue weighted by molar-refractivity contribution is 7.98. The van der Waals surface area contributed by atoms with Crippen LogP contribution in [-0.4, -0.2) is 24.9 Å². The minimum absolute atomic E-state index is 1.20.